The van der Waals surface area contributed by atoms with E-state index in [-0.39, 0.29) is 5.91 Å². The molecule has 2 aromatic heterocycles. The number of amides is 1. The fraction of sp³-hybridized carbons (Fsp3) is 0.364. The Morgan fingerprint density at radius 3 is 2.83 bits per heavy atom. The zero-order valence-corrected chi connectivity index (χ0v) is 17.8. The zero-order chi connectivity index (χ0) is 20.8. The number of carbonyl (C=O) groups excluding carboxylic acids is 1. The number of nitrogens with zero attached hydrogens (tertiary/aromatic N) is 4. The molecule has 7 nitrogen and oxygen atoms in total. The van der Waals surface area contributed by atoms with E-state index in [1.807, 2.05) is 41.0 Å². The average molecular weight is 424 g/mol. The maximum Gasteiger partial charge on any atom is 0.230 e. The van der Waals surface area contributed by atoms with Gasteiger partial charge in [0.25, 0.3) is 0 Å². The van der Waals surface area contributed by atoms with Gasteiger partial charge in [0.1, 0.15) is 5.75 Å². The van der Waals surface area contributed by atoms with Crippen molar-refractivity contribution in [2.24, 2.45) is 0 Å². The summed E-state index contributed by atoms with van der Waals surface area (Å²) in [4.78, 5) is 16.7. The van der Waals surface area contributed by atoms with E-state index in [1.54, 1.807) is 19.5 Å². The van der Waals surface area contributed by atoms with Gasteiger partial charge in [-0.15, -0.1) is 10.2 Å². The zero-order valence-electron chi connectivity index (χ0n) is 17.0. The lowest BCUT2D eigenvalue weighted by molar-refractivity contribution is -0.119. The first-order chi connectivity index (χ1) is 14.7. The molecule has 1 amide bonds. The van der Waals surface area contributed by atoms with Crippen LogP contribution in [0.1, 0.15) is 32.1 Å². The first-order valence-electron chi connectivity index (χ1n) is 10.2. The molecule has 4 rings (SSSR count). The minimum Gasteiger partial charge on any atom is -0.497 e. The second kappa shape index (κ2) is 9.75. The van der Waals surface area contributed by atoms with Gasteiger partial charge in [0.15, 0.2) is 11.0 Å². The van der Waals surface area contributed by atoms with Gasteiger partial charge in [0, 0.05) is 30.1 Å². The number of pyridine rings is 1. The van der Waals surface area contributed by atoms with Gasteiger partial charge in [0.2, 0.25) is 5.91 Å². The van der Waals surface area contributed by atoms with Crippen molar-refractivity contribution >= 4 is 17.7 Å². The fourth-order valence-electron chi connectivity index (χ4n) is 3.67. The van der Waals surface area contributed by atoms with E-state index in [2.05, 4.69) is 20.5 Å². The van der Waals surface area contributed by atoms with Crippen LogP contribution in [0, 0.1) is 0 Å². The van der Waals surface area contributed by atoms with Crippen LogP contribution in [0.15, 0.2) is 53.9 Å². The number of benzene rings is 1. The molecule has 1 saturated carbocycles. The Hall–Kier alpha value is -2.87. The molecule has 0 radical (unpaired) electrons. The summed E-state index contributed by atoms with van der Waals surface area (Å²) in [5.74, 6) is 1.75. The first-order valence-corrected chi connectivity index (χ1v) is 11.2. The Balaban J connectivity index is 1.58. The first kappa shape index (κ1) is 20.4. The summed E-state index contributed by atoms with van der Waals surface area (Å²) in [6.45, 7) is 0. The van der Waals surface area contributed by atoms with Gasteiger partial charge in [-0.25, -0.2) is 0 Å². The molecule has 0 unspecified atom stereocenters. The second-order valence-electron chi connectivity index (χ2n) is 7.28. The van der Waals surface area contributed by atoms with Crippen molar-refractivity contribution in [3.8, 4) is 22.8 Å². The Labute approximate surface area is 180 Å². The monoisotopic (exact) mass is 423 g/mol. The SMILES string of the molecule is COc1cccc(-n2c(SCC(=O)NC3CCCCC3)nnc2-c2cccnc2)c1. The molecule has 1 aromatic carbocycles. The number of methoxy groups -OCH3 is 1. The molecule has 30 heavy (non-hydrogen) atoms. The van der Waals surface area contributed by atoms with Crippen molar-refractivity contribution < 1.29 is 9.53 Å². The standard InChI is InChI=1S/C22H25N5O2S/c1-29-19-11-5-10-18(13-19)27-21(16-7-6-12-23-14-16)25-26-22(27)30-15-20(28)24-17-8-3-2-4-9-17/h5-7,10-14,17H,2-4,8-9,15H2,1H3,(H,24,28). The molecule has 0 aliphatic heterocycles. The van der Waals surface area contributed by atoms with E-state index in [0.29, 0.717) is 22.8 Å². The van der Waals surface area contributed by atoms with Gasteiger partial charge in [0.05, 0.1) is 18.6 Å². The van der Waals surface area contributed by atoms with Gasteiger partial charge in [-0.1, -0.05) is 37.1 Å². The van der Waals surface area contributed by atoms with Crippen molar-refractivity contribution in [1.29, 1.82) is 0 Å². The third-order valence-electron chi connectivity index (χ3n) is 5.17. The summed E-state index contributed by atoms with van der Waals surface area (Å²) in [5.41, 5.74) is 1.72. The smallest absolute Gasteiger partial charge is 0.230 e. The van der Waals surface area contributed by atoms with Crippen LogP contribution >= 0.6 is 11.8 Å². The lowest BCUT2D eigenvalue weighted by atomic mass is 9.95. The van der Waals surface area contributed by atoms with Crippen molar-refractivity contribution in [3.05, 3.63) is 48.8 Å². The van der Waals surface area contributed by atoms with E-state index in [4.69, 9.17) is 4.74 Å². The molecule has 0 spiro atoms. The third-order valence-corrected chi connectivity index (χ3v) is 6.10. The molecule has 2 heterocycles. The van der Waals surface area contributed by atoms with Crippen LogP contribution < -0.4 is 10.1 Å². The summed E-state index contributed by atoms with van der Waals surface area (Å²) in [5, 5.41) is 12.6. The molecule has 1 aliphatic carbocycles. The quantitative estimate of drug-likeness (QED) is 0.581. The molecule has 0 bridgehead atoms. The van der Waals surface area contributed by atoms with Crippen LogP contribution in [-0.4, -0.2) is 44.6 Å². The van der Waals surface area contributed by atoms with Crippen LogP contribution in [-0.2, 0) is 4.79 Å². The summed E-state index contributed by atoms with van der Waals surface area (Å²) >= 11 is 1.38. The van der Waals surface area contributed by atoms with Gasteiger partial charge >= 0.3 is 0 Å². The second-order valence-corrected chi connectivity index (χ2v) is 8.22. The molecular formula is C22H25N5O2S. The van der Waals surface area contributed by atoms with Crippen molar-refractivity contribution in [3.63, 3.8) is 0 Å². The number of carbonyl (C=O) groups is 1. The van der Waals surface area contributed by atoms with Crippen molar-refractivity contribution in [1.82, 2.24) is 25.1 Å². The third kappa shape index (κ3) is 4.81. The maximum absolute atomic E-state index is 12.5. The summed E-state index contributed by atoms with van der Waals surface area (Å²) in [6.07, 6.45) is 9.27. The maximum atomic E-state index is 12.5. The highest BCUT2D eigenvalue weighted by Crippen LogP contribution is 2.29. The number of aromatic nitrogens is 4. The molecule has 1 N–H and O–H groups in total. The van der Waals surface area contributed by atoms with Crippen molar-refractivity contribution in [2.45, 2.75) is 43.3 Å². The summed E-state index contributed by atoms with van der Waals surface area (Å²) < 4.78 is 7.33. The number of hydrogen-bond acceptors (Lipinski definition) is 6. The van der Waals surface area contributed by atoms with Gasteiger partial charge in [-0.3, -0.25) is 14.3 Å². The Bertz CT molecular complexity index is 986. The Morgan fingerprint density at radius 1 is 1.20 bits per heavy atom. The van der Waals surface area contributed by atoms with E-state index >= 15 is 0 Å². The van der Waals surface area contributed by atoms with Gasteiger partial charge in [-0.05, 0) is 37.1 Å². The van der Waals surface area contributed by atoms with Crippen LogP contribution in [0.4, 0.5) is 0 Å². The molecule has 156 valence electrons. The molecule has 1 fully saturated rings. The van der Waals surface area contributed by atoms with Crippen LogP contribution in [0.2, 0.25) is 0 Å². The van der Waals surface area contributed by atoms with Gasteiger partial charge < -0.3 is 10.1 Å². The van der Waals surface area contributed by atoms with Crippen molar-refractivity contribution in [2.75, 3.05) is 12.9 Å². The largest absolute Gasteiger partial charge is 0.497 e. The number of nitrogens with one attached hydrogen (secondary N) is 1. The van der Waals surface area contributed by atoms with E-state index < -0.39 is 0 Å². The minimum absolute atomic E-state index is 0.0371. The van der Waals surface area contributed by atoms with E-state index in [1.165, 1.54) is 31.0 Å². The van der Waals surface area contributed by atoms with E-state index in [0.717, 1.165) is 29.8 Å². The molecule has 8 heteroatoms. The highest BCUT2D eigenvalue weighted by atomic mass is 32.2. The van der Waals surface area contributed by atoms with Crippen LogP contribution in [0.25, 0.3) is 17.1 Å². The fourth-order valence-corrected chi connectivity index (χ4v) is 4.44. The predicted molar refractivity (Wildman–Crippen MR) is 117 cm³/mol. The molecule has 0 saturated heterocycles. The number of thioether (sulfide) groups is 1. The van der Waals surface area contributed by atoms with Crippen LogP contribution in [0.5, 0.6) is 5.75 Å². The highest BCUT2D eigenvalue weighted by molar-refractivity contribution is 7.99. The normalized spacial score (nSPS) is 14.4. The number of rotatable bonds is 7. The van der Waals surface area contributed by atoms with Gasteiger partial charge in [-0.2, -0.15) is 0 Å². The topological polar surface area (TPSA) is 81.9 Å². The highest BCUT2D eigenvalue weighted by Gasteiger charge is 2.20. The minimum atomic E-state index is 0.0371. The molecule has 1 aliphatic rings. The predicted octanol–water partition coefficient (Wildman–Crippen LogP) is 3.88. The Morgan fingerprint density at radius 2 is 2.07 bits per heavy atom. The number of ether oxygens (including phenoxy) is 1. The lowest BCUT2D eigenvalue weighted by Gasteiger charge is -2.22. The van der Waals surface area contributed by atoms with E-state index in [9.17, 15) is 4.79 Å². The van der Waals surface area contributed by atoms with Crippen LogP contribution in [0.3, 0.4) is 0 Å². The lowest BCUT2D eigenvalue weighted by Crippen LogP contribution is -2.37. The Kier molecular flexibility index (Phi) is 6.63. The molecule has 3 aromatic rings. The molecular weight excluding hydrogens is 398 g/mol. The summed E-state index contributed by atoms with van der Waals surface area (Å²) in [6, 6.07) is 11.8. The molecule has 0 atom stereocenters. The average Bonchev–Trinajstić information content (AvgIpc) is 3.23. The summed E-state index contributed by atoms with van der Waals surface area (Å²) in [7, 11) is 1.64. The number of hydrogen-bond donors (Lipinski definition) is 1.